The molecule has 0 aliphatic carbocycles. The van der Waals surface area contributed by atoms with Crippen molar-refractivity contribution < 1.29 is 18.7 Å². The molecule has 3 unspecified atom stereocenters. The third kappa shape index (κ3) is 4.16. The zero-order valence-electron chi connectivity index (χ0n) is 11.8. The van der Waals surface area contributed by atoms with E-state index in [1.807, 2.05) is 0 Å². The second kappa shape index (κ2) is 7.19. The SMILES string of the molecule is CC(NC(=O)NC(C)C(C)CO)c1cccc(F)c1F. The van der Waals surface area contributed by atoms with Gasteiger partial charge in [0.15, 0.2) is 11.6 Å². The Morgan fingerprint density at radius 1 is 1.25 bits per heavy atom. The van der Waals surface area contributed by atoms with Crippen LogP contribution in [-0.2, 0) is 0 Å². The van der Waals surface area contributed by atoms with E-state index in [1.165, 1.54) is 12.1 Å². The molecule has 3 N–H and O–H groups in total. The molecule has 1 rings (SSSR count). The molecule has 0 spiro atoms. The fourth-order valence-corrected chi connectivity index (χ4v) is 1.68. The first-order chi connectivity index (χ1) is 9.36. The normalized spacial score (nSPS) is 15.3. The Balaban J connectivity index is 2.64. The molecule has 112 valence electrons. The second-order valence-corrected chi connectivity index (χ2v) is 4.93. The lowest BCUT2D eigenvalue weighted by Crippen LogP contribution is -2.45. The molecule has 1 aromatic rings. The van der Waals surface area contributed by atoms with E-state index in [9.17, 15) is 13.6 Å². The van der Waals surface area contributed by atoms with Gasteiger partial charge in [-0.15, -0.1) is 0 Å². The van der Waals surface area contributed by atoms with Crippen molar-refractivity contribution in [2.24, 2.45) is 5.92 Å². The van der Waals surface area contributed by atoms with Crippen LogP contribution in [0.5, 0.6) is 0 Å². The fourth-order valence-electron chi connectivity index (χ4n) is 1.68. The molecule has 2 amide bonds. The van der Waals surface area contributed by atoms with Crippen LogP contribution < -0.4 is 10.6 Å². The number of halogens is 2. The van der Waals surface area contributed by atoms with Crippen molar-refractivity contribution in [1.29, 1.82) is 0 Å². The molecule has 20 heavy (non-hydrogen) atoms. The molecule has 0 radical (unpaired) electrons. The van der Waals surface area contributed by atoms with Gasteiger partial charge in [0.05, 0.1) is 6.04 Å². The number of amides is 2. The number of hydrogen-bond donors (Lipinski definition) is 3. The molecular weight excluding hydrogens is 266 g/mol. The molecular formula is C14H20F2N2O2. The van der Waals surface area contributed by atoms with Gasteiger partial charge in [-0.05, 0) is 25.8 Å². The van der Waals surface area contributed by atoms with E-state index < -0.39 is 23.7 Å². The monoisotopic (exact) mass is 286 g/mol. The third-order valence-corrected chi connectivity index (χ3v) is 3.30. The van der Waals surface area contributed by atoms with Crippen LogP contribution in [0.2, 0.25) is 0 Å². The van der Waals surface area contributed by atoms with Gasteiger partial charge in [0, 0.05) is 18.2 Å². The van der Waals surface area contributed by atoms with Gasteiger partial charge in [-0.3, -0.25) is 0 Å². The summed E-state index contributed by atoms with van der Waals surface area (Å²) in [5.74, 6) is -2.00. The molecule has 6 heteroatoms. The fraction of sp³-hybridized carbons (Fsp3) is 0.500. The van der Waals surface area contributed by atoms with E-state index in [0.29, 0.717) is 0 Å². The van der Waals surface area contributed by atoms with Gasteiger partial charge in [0.2, 0.25) is 0 Å². The summed E-state index contributed by atoms with van der Waals surface area (Å²) < 4.78 is 26.7. The zero-order chi connectivity index (χ0) is 15.3. The number of nitrogens with one attached hydrogen (secondary N) is 2. The quantitative estimate of drug-likeness (QED) is 0.778. The van der Waals surface area contributed by atoms with Crippen LogP contribution in [0.3, 0.4) is 0 Å². The Hall–Kier alpha value is -1.69. The molecule has 0 aliphatic rings. The van der Waals surface area contributed by atoms with E-state index in [1.54, 1.807) is 20.8 Å². The summed E-state index contributed by atoms with van der Waals surface area (Å²) in [6, 6.07) is 2.45. The second-order valence-electron chi connectivity index (χ2n) is 4.93. The van der Waals surface area contributed by atoms with E-state index in [2.05, 4.69) is 10.6 Å². The minimum absolute atomic E-state index is 0.0461. The van der Waals surface area contributed by atoms with Crippen molar-refractivity contribution in [2.45, 2.75) is 32.9 Å². The Morgan fingerprint density at radius 3 is 2.50 bits per heavy atom. The van der Waals surface area contributed by atoms with Crippen LogP contribution in [-0.4, -0.2) is 23.8 Å². The standard InChI is InChI=1S/C14H20F2N2O2/c1-8(7-19)9(2)17-14(20)18-10(3)11-5-4-6-12(15)13(11)16/h4-6,8-10,19H,7H2,1-3H3,(H2,17,18,20). The number of carbonyl (C=O) groups excluding carboxylic acids is 1. The van der Waals surface area contributed by atoms with Gasteiger partial charge in [-0.1, -0.05) is 19.1 Å². The van der Waals surface area contributed by atoms with Gasteiger partial charge >= 0.3 is 6.03 Å². The minimum atomic E-state index is -0.961. The Labute approximate surface area is 117 Å². The minimum Gasteiger partial charge on any atom is -0.396 e. The van der Waals surface area contributed by atoms with Crippen LogP contribution in [0.15, 0.2) is 18.2 Å². The number of aliphatic hydroxyl groups excluding tert-OH is 1. The summed E-state index contributed by atoms with van der Waals surface area (Å²) in [5, 5.41) is 14.2. The van der Waals surface area contributed by atoms with Gasteiger partial charge in [-0.2, -0.15) is 0 Å². The lowest BCUT2D eigenvalue weighted by molar-refractivity contribution is 0.199. The van der Waals surface area contributed by atoms with Crippen molar-refractivity contribution in [3.63, 3.8) is 0 Å². The topological polar surface area (TPSA) is 61.4 Å². The van der Waals surface area contributed by atoms with Gasteiger partial charge < -0.3 is 15.7 Å². The van der Waals surface area contributed by atoms with E-state index >= 15 is 0 Å². The lowest BCUT2D eigenvalue weighted by Gasteiger charge is -2.22. The molecule has 4 nitrogen and oxygen atoms in total. The summed E-state index contributed by atoms with van der Waals surface area (Å²) in [4.78, 5) is 11.7. The van der Waals surface area contributed by atoms with Crippen molar-refractivity contribution >= 4 is 6.03 Å². The van der Waals surface area contributed by atoms with Crippen molar-refractivity contribution in [3.8, 4) is 0 Å². The van der Waals surface area contributed by atoms with Crippen LogP contribution in [0.4, 0.5) is 13.6 Å². The van der Waals surface area contributed by atoms with Gasteiger partial charge in [-0.25, -0.2) is 13.6 Å². The van der Waals surface area contributed by atoms with E-state index in [0.717, 1.165) is 6.07 Å². The number of benzene rings is 1. The predicted molar refractivity (Wildman–Crippen MR) is 72.2 cm³/mol. The smallest absolute Gasteiger partial charge is 0.315 e. The molecule has 0 heterocycles. The first kappa shape index (κ1) is 16.4. The summed E-state index contributed by atoms with van der Waals surface area (Å²) in [6.45, 7) is 5.07. The van der Waals surface area contributed by atoms with Gasteiger partial charge in [0.25, 0.3) is 0 Å². The zero-order valence-corrected chi connectivity index (χ0v) is 11.8. The maximum Gasteiger partial charge on any atom is 0.315 e. The van der Waals surface area contributed by atoms with Crippen LogP contribution in [0.1, 0.15) is 32.4 Å². The third-order valence-electron chi connectivity index (χ3n) is 3.30. The average molecular weight is 286 g/mol. The molecule has 1 aromatic carbocycles. The predicted octanol–water partition coefficient (Wildman–Crippen LogP) is 2.34. The van der Waals surface area contributed by atoms with Crippen molar-refractivity contribution in [1.82, 2.24) is 10.6 Å². The number of rotatable bonds is 5. The largest absolute Gasteiger partial charge is 0.396 e. The first-order valence-corrected chi connectivity index (χ1v) is 6.48. The number of aliphatic hydroxyl groups is 1. The average Bonchev–Trinajstić information content (AvgIpc) is 2.40. The maximum absolute atomic E-state index is 13.6. The summed E-state index contributed by atoms with van der Waals surface area (Å²) in [6.07, 6.45) is 0. The highest BCUT2D eigenvalue weighted by Crippen LogP contribution is 2.18. The van der Waals surface area contributed by atoms with Crippen LogP contribution >= 0.6 is 0 Å². The Morgan fingerprint density at radius 2 is 1.90 bits per heavy atom. The summed E-state index contributed by atoms with van der Waals surface area (Å²) >= 11 is 0. The molecule has 0 saturated heterocycles. The Bertz CT molecular complexity index is 468. The summed E-state index contributed by atoms with van der Waals surface area (Å²) in [5.41, 5.74) is 0.0861. The highest BCUT2D eigenvalue weighted by atomic mass is 19.2. The van der Waals surface area contributed by atoms with Crippen molar-refractivity contribution in [2.75, 3.05) is 6.61 Å². The molecule has 0 bridgehead atoms. The summed E-state index contributed by atoms with van der Waals surface area (Å²) in [7, 11) is 0. The van der Waals surface area contributed by atoms with Crippen LogP contribution in [0.25, 0.3) is 0 Å². The molecule has 0 fully saturated rings. The lowest BCUT2D eigenvalue weighted by atomic mass is 10.1. The van der Waals surface area contributed by atoms with Crippen molar-refractivity contribution in [3.05, 3.63) is 35.4 Å². The maximum atomic E-state index is 13.6. The highest BCUT2D eigenvalue weighted by molar-refractivity contribution is 5.74. The van der Waals surface area contributed by atoms with Gasteiger partial charge in [0.1, 0.15) is 0 Å². The van der Waals surface area contributed by atoms with E-state index in [4.69, 9.17) is 5.11 Å². The molecule has 0 aromatic heterocycles. The molecule has 3 atom stereocenters. The highest BCUT2D eigenvalue weighted by Gasteiger charge is 2.18. The number of urea groups is 1. The molecule has 0 aliphatic heterocycles. The first-order valence-electron chi connectivity index (χ1n) is 6.48. The number of hydrogen-bond acceptors (Lipinski definition) is 2. The number of carbonyl (C=O) groups is 1. The van der Waals surface area contributed by atoms with Crippen LogP contribution in [0, 0.1) is 17.6 Å². The Kier molecular flexibility index (Phi) is 5.88. The molecule has 0 saturated carbocycles. The van der Waals surface area contributed by atoms with E-state index in [-0.39, 0.29) is 24.1 Å².